The Kier molecular flexibility index (Phi) is 1.30. The van der Waals surface area contributed by atoms with Crippen molar-refractivity contribution >= 4 is 0 Å². The molecule has 2 aliphatic rings. The highest BCUT2D eigenvalue weighted by Gasteiger charge is 2.62. The minimum Gasteiger partial charge on any atom is -0.310 e. The molecule has 0 saturated carbocycles. The summed E-state index contributed by atoms with van der Waals surface area (Å²) in [6.07, 6.45) is 0. The number of rotatable bonds is 0. The van der Waals surface area contributed by atoms with Crippen molar-refractivity contribution in [3.63, 3.8) is 0 Å². The molecule has 2 atom stereocenters. The summed E-state index contributed by atoms with van der Waals surface area (Å²) in [5.41, 5.74) is -3.27. The molecule has 2 saturated heterocycles. The van der Waals surface area contributed by atoms with Gasteiger partial charge in [-0.15, -0.1) is 0 Å². The van der Waals surface area contributed by atoms with Crippen molar-refractivity contribution in [3.05, 3.63) is 0 Å². The van der Waals surface area contributed by atoms with Crippen LogP contribution in [-0.2, 0) is 0 Å². The van der Waals surface area contributed by atoms with Crippen molar-refractivity contribution in [2.75, 3.05) is 33.2 Å². The van der Waals surface area contributed by atoms with Crippen molar-refractivity contribution in [2.45, 2.75) is 11.3 Å². The second-order valence-electron chi connectivity index (χ2n) is 3.71. The van der Waals surface area contributed by atoms with Crippen LogP contribution in [0.5, 0.6) is 0 Å². The summed E-state index contributed by atoms with van der Waals surface area (Å²) in [6.45, 7) is 0.759. The van der Waals surface area contributed by atoms with E-state index in [-0.39, 0.29) is 26.2 Å². The summed E-state index contributed by atoms with van der Waals surface area (Å²) < 4.78 is 27.3. The fraction of sp³-hybridized carbons (Fsp3) is 1.00. The van der Waals surface area contributed by atoms with Crippen LogP contribution in [0.4, 0.5) is 8.78 Å². The van der Waals surface area contributed by atoms with Crippen LogP contribution in [0.1, 0.15) is 0 Å². The molecule has 0 aromatic heterocycles. The largest absolute Gasteiger partial charge is 0.310 e. The number of hydrogen-bond acceptors (Lipinski definition) is 2. The number of alkyl halides is 2. The van der Waals surface area contributed by atoms with Gasteiger partial charge in [-0.2, -0.15) is 0 Å². The van der Waals surface area contributed by atoms with Crippen LogP contribution in [0.2, 0.25) is 0 Å². The molecular formula is C7H12F2N2. The van der Waals surface area contributed by atoms with E-state index in [2.05, 4.69) is 5.32 Å². The molecule has 0 spiro atoms. The molecule has 0 aromatic carbocycles. The molecule has 1 N–H and O–H groups in total. The fourth-order valence-corrected chi connectivity index (χ4v) is 2.08. The molecule has 2 heterocycles. The first-order valence-electron chi connectivity index (χ1n) is 3.83. The predicted octanol–water partition coefficient (Wildman–Crippen LogP) is -0.0484. The highest BCUT2D eigenvalue weighted by molar-refractivity contribution is 5.15. The zero-order valence-electron chi connectivity index (χ0n) is 6.53. The maximum atomic E-state index is 13.7. The first-order chi connectivity index (χ1) is 5.06. The fourth-order valence-electron chi connectivity index (χ4n) is 2.08. The van der Waals surface area contributed by atoms with Crippen LogP contribution in [0.25, 0.3) is 0 Å². The number of nitrogens with one attached hydrogen (secondary N) is 1. The average Bonchev–Trinajstić information content (AvgIpc) is 2.16. The van der Waals surface area contributed by atoms with Crippen molar-refractivity contribution in [2.24, 2.45) is 0 Å². The van der Waals surface area contributed by atoms with Gasteiger partial charge in [0.1, 0.15) is 0 Å². The number of fused-ring (bicyclic) bond motifs is 1. The third-order valence-corrected chi connectivity index (χ3v) is 2.65. The zero-order valence-corrected chi connectivity index (χ0v) is 6.53. The Hall–Kier alpha value is -0.220. The first-order valence-corrected chi connectivity index (χ1v) is 3.83. The molecule has 0 radical (unpaired) electrons. The molecule has 2 rings (SSSR count). The van der Waals surface area contributed by atoms with E-state index in [1.807, 2.05) is 0 Å². The van der Waals surface area contributed by atoms with Crippen LogP contribution in [0, 0.1) is 0 Å². The number of hydrogen-bond donors (Lipinski definition) is 1. The molecule has 0 aromatic rings. The minimum absolute atomic E-state index is 0.161. The second-order valence-corrected chi connectivity index (χ2v) is 3.71. The van der Waals surface area contributed by atoms with Crippen LogP contribution < -0.4 is 5.32 Å². The highest BCUT2D eigenvalue weighted by Crippen LogP contribution is 2.40. The molecule has 11 heavy (non-hydrogen) atoms. The minimum atomic E-state index is -1.64. The van der Waals surface area contributed by atoms with Crippen molar-refractivity contribution in [3.8, 4) is 0 Å². The molecule has 2 unspecified atom stereocenters. The molecule has 0 bridgehead atoms. The van der Waals surface area contributed by atoms with E-state index in [1.165, 1.54) is 0 Å². The number of likely N-dealkylation sites (tertiary alicyclic amines) is 1. The number of nitrogens with zero attached hydrogens (tertiary/aromatic N) is 1. The van der Waals surface area contributed by atoms with Crippen LogP contribution in [-0.4, -0.2) is 49.5 Å². The third-order valence-electron chi connectivity index (χ3n) is 2.65. The van der Waals surface area contributed by atoms with Gasteiger partial charge in [0.2, 0.25) is 0 Å². The lowest BCUT2D eigenvalue weighted by atomic mass is 9.94. The predicted molar refractivity (Wildman–Crippen MR) is 38.0 cm³/mol. The van der Waals surface area contributed by atoms with Crippen molar-refractivity contribution in [1.29, 1.82) is 0 Å². The average molecular weight is 162 g/mol. The van der Waals surface area contributed by atoms with Gasteiger partial charge in [0.15, 0.2) is 11.3 Å². The molecule has 0 aliphatic carbocycles. The SMILES string of the molecule is CN1CC2(F)CNCC2(F)C1. The Balaban J connectivity index is 2.28. The number of halogens is 2. The molecule has 2 aliphatic heterocycles. The summed E-state index contributed by atoms with van der Waals surface area (Å²) in [5.74, 6) is 0. The van der Waals surface area contributed by atoms with Gasteiger partial charge < -0.3 is 5.32 Å². The van der Waals surface area contributed by atoms with Crippen LogP contribution in [0.15, 0.2) is 0 Å². The van der Waals surface area contributed by atoms with E-state index in [0.29, 0.717) is 0 Å². The molecule has 4 heteroatoms. The second kappa shape index (κ2) is 1.93. The molecule has 64 valence electrons. The lowest BCUT2D eigenvalue weighted by Crippen LogP contribution is -2.44. The van der Waals surface area contributed by atoms with Gasteiger partial charge in [-0.25, -0.2) is 8.78 Å². The summed E-state index contributed by atoms with van der Waals surface area (Å²) >= 11 is 0. The normalized spacial score (nSPS) is 51.5. The van der Waals surface area contributed by atoms with E-state index in [4.69, 9.17) is 0 Å². The van der Waals surface area contributed by atoms with E-state index in [0.717, 1.165) is 0 Å². The summed E-state index contributed by atoms with van der Waals surface area (Å²) in [5, 5.41) is 2.75. The van der Waals surface area contributed by atoms with Crippen LogP contribution in [0.3, 0.4) is 0 Å². The van der Waals surface area contributed by atoms with Gasteiger partial charge in [0.05, 0.1) is 0 Å². The molecule has 2 fully saturated rings. The summed E-state index contributed by atoms with van der Waals surface area (Å²) in [6, 6.07) is 0. The van der Waals surface area contributed by atoms with Crippen molar-refractivity contribution in [1.82, 2.24) is 10.2 Å². The van der Waals surface area contributed by atoms with Crippen molar-refractivity contribution < 1.29 is 8.78 Å². The Bertz CT molecular complexity index is 169. The third kappa shape index (κ3) is 0.825. The lowest BCUT2D eigenvalue weighted by molar-refractivity contribution is 0.0491. The molecule has 0 amide bonds. The van der Waals surface area contributed by atoms with Gasteiger partial charge in [0, 0.05) is 26.2 Å². The van der Waals surface area contributed by atoms with Gasteiger partial charge >= 0.3 is 0 Å². The monoisotopic (exact) mass is 162 g/mol. The molecular weight excluding hydrogens is 150 g/mol. The Labute approximate surface area is 64.6 Å². The lowest BCUT2D eigenvalue weighted by Gasteiger charge is -2.22. The van der Waals surface area contributed by atoms with Crippen LogP contribution >= 0.6 is 0 Å². The van der Waals surface area contributed by atoms with E-state index in [9.17, 15) is 8.78 Å². The highest BCUT2D eigenvalue weighted by atomic mass is 19.2. The smallest absolute Gasteiger partial charge is 0.172 e. The Morgan fingerprint density at radius 3 is 2.09 bits per heavy atom. The summed E-state index contributed by atoms with van der Waals surface area (Å²) in [7, 11) is 1.75. The summed E-state index contributed by atoms with van der Waals surface area (Å²) in [4.78, 5) is 1.71. The quantitative estimate of drug-likeness (QED) is 0.537. The Morgan fingerprint density at radius 1 is 1.18 bits per heavy atom. The maximum absolute atomic E-state index is 13.7. The van der Waals surface area contributed by atoms with E-state index in [1.54, 1.807) is 11.9 Å². The topological polar surface area (TPSA) is 15.3 Å². The Morgan fingerprint density at radius 2 is 1.64 bits per heavy atom. The van der Waals surface area contributed by atoms with E-state index >= 15 is 0 Å². The van der Waals surface area contributed by atoms with Gasteiger partial charge in [0.25, 0.3) is 0 Å². The standard InChI is InChI=1S/C7H12F2N2/c1-11-4-6(8)2-10-3-7(6,9)5-11/h10H,2-5H2,1H3. The maximum Gasteiger partial charge on any atom is 0.172 e. The van der Waals surface area contributed by atoms with Gasteiger partial charge in [-0.1, -0.05) is 0 Å². The van der Waals surface area contributed by atoms with Gasteiger partial charge in [-0.3, -0.25) is 4.90 Å². The van der Waals surface area contributed by atoms with Gasteiger partial charge in [-0.05, 0) is 7.05 Å². The molecule has 2 nitrogen and oxygen atoms in total. The zero-order chi connectivity index (χ0) is 8.11. The first kappa shape index (κ1) is 7.43. The van der Waals surface area contributed by atoms with E-state index < -0.39 is 11.3 Å².